The van der Waals surface area contributed by atoms with Crippen molar-refractivity contribution in [2.24, 2.45) is 5.41 Å². The fourth-order valence-electron chi connectivity index (χ4n) is 5.11. The zero-order valence-electron chi connectivity index (χ0n) is 29.3. The highest BCUT2D eigenvalue weighted by Gasteiger charge is 2.38. The average molecular weight is 729 g/mol. The number of esters is 4. The SMILES string of the molecule is O=C(CCc1ccc(O)cc1)OCC(COC(=O)CCc1ccc(O)cc1)(COC(=O)CCc1ccc(O)cc1)COC(=O)CCc1ccc(O)cc1. The Balaban J connectivity index is 1.46. The molecule has 0 heterocycles. The maximum absolute atomic E-state index is 12.9. The molecule has 12 nitrogen and oxygen atoms in total. The summed E-state index contributed by atoms with van der Waals surface area (Å²) < 4.78 is 22.6. The van der Waals surface area contributed by atoms with E-state index in [4.69, 9.17) is 18.9 Å². The third-order valence-electron chi connectivity index (χ3n) is 8.37. The summed E-state index contributed by atoms with van der Waals surface area (Å²) in [5.41, 5.74) is 1.69. The highest BCUT2D eigenvalue weighted by Crippen LogP contribution is 2.24. The van der Waals surface area contributed by atoms with Crippen molar-refractivity contribution in [1.29, 1.82) is 0 Å². The molecule has 4 aromatic carbocycles. The molecule has 0 aliphatic rings. The molecule has 0 saturated heterocycles. The summed E-state index contributed by atoms with van der Waals surface area (Å²) >= 11 is 0. The molecular formula is C41H44O12. The van der Waals surface area contributed by atoms with Crippen LogP contribution in [0.2, 0.25) is 0 Å². The quantitative estimate of drug-likeness (QED) is 0.0663. The van der Waals surface area contributed by atoms with Crippen LogP contribution in [0.15, 0.2) is 97.1 Å². The molecule has 0 aromatic heterocycles. The lowest BCUT2D eigenvalue weighted by atomic mass is 9.92. The fraction of sp³-hybridized carbons (Fsp3) is 0.317. The molecule has 12 heteroatoms. The molecule has 0 fully saturated rings. The van der Waals surface area contributed by atoms with E-state index in [9.17, 15) is 39.6 Å². The third-order valence-corrected chi connectivity index (χ3v) is 8.37. The van der Waals surface area contributed by atoms with Gasteiger partial charge in [-0.1, -0.05) is 48.5 Å². The maximum Gasteiger partial charge on any atom is 0.306 e. The van der Waals surface area contributed by atoms with Gasteiger partial charge in [0, 0.05) is 25.7 Å². The molecule has 4 N–H and O–H groups in total. The number of phenols is 4. The van der Waals surface area contributed by atoms with E-state index in [1.54, 1.807) is 48.5 Å². The normalized spacial score (nSPS) is 11.0. The summed E-state index contributed by atoms with van der Waals surface area (Å²) in [5.74, 6) is -2.03. The Bertz CT molecular complexity index is 1500. The van der Waals surface area contributed by atoms with Crippen molar-refractivity contribution in [3.8, 4) is 23.0 Å². The maximum atomic E-state index is 12.9. The number of aryl methyl sites for hydroxylation is 4. The van der Waals surface area contributed by atoms with Gasteiger partial charge in [-0.05, 0) is 96.5 Å². The van der Waals surface area contributed by atoms with Crippen LogP contribution in [0, 0.1) is 5.41 Å². The van der Waals surface area contributed by atoms with Gasteiger partial charge >= 0.3 is 23.9 Å². The van der Waals surface area contributed by atoms with Crippen LogP contribution >= 0.6 is 0 Å². The van der Waals surface area contributed by atoms with Crippen LogP contribution in [0.25, 0.3) is 0 Å². The first kappa shape index (κ1) is 39.7. The van der Waals surface area contributed by atoms with E-state index in [2.05, 4.69) is 0 Å². The Morgan fingerprint density at radius 3 is 0.736 bits per heavy atom. The second kappa shape index (κ2) is 20.1. The number of hydrogen-bond acceptors (Lipinski definition) is 12. The van der Waals surface area contributed by atoms with Crippen molar-refractivity contribution in [1.82, 2.24) is 0 Å². The van der Waals surface area contributed by atoms with E-state index in [0.717, 1.165) is 22.3 Å². The first-order chi connectivity index (χ1) is 25.5. The van der Waals surface area contributed by atoms with Crippen LogP contribution in [-0.4, -0.2) is 70.7 Å². The van der Waals surface area contributed by atoms with Crippen molar-refractivity contribution in [2.45, 2.75) is 51.4 Å². The minimum atomic E-state index is -1.47. The number of aromatic hydroxyl groups is 4. The van der Waals surface area contributed by atoms with Gasteiger partial charge in [-0.2, -0.15) is 0 Å². The number of hydrogen-bond donors (Lipinski definition) is 4. The summed E-state index contributed by atoms with van der Waals surface area (Å²) in [6, 6.07) is 25.5. The Morgan fingerprint density at radius 1 is 0.358 bits per heavy atom. The zero-order chi connectivity index (χ0) is 38.1. The third kappa shape index (κ3) is 14.6. The summed E-state index contributed by atoms with van der Waals surface area (Å²) in [7, 11) is 0. The predicted octanol–water partition coefficient (Wildman–Crippen LogP) is 5.50. The van der Waals surface area contributed by atoms with Gasteiger partial charge in [-0.25, -0.2) is 0 Å². The van der Waals surface area contributed by atoms with E-state index in [0.29, 0.717) is 25.7 Å². The van der Waals surface area contributed by atoms with Crippen LogP contribution in [0.1, 0.15) is 47.9 Å². The zero-order valence-corrected chi connectivity index (χ0v) is 29.3. The summed E-state index contributed by atoms with van der Waals surface area (Å²) in [6.07, 6.45) is 1.18. The molecule has 53 heavy (non-hydrogen) atoms. The van der Waals surface area contributed by atoms with Gasteiger partial charge in [0.2, 0.25) is 0 Å². The predicted molar refractivity (Wildman–Crippen MR) is 192 cm³/mol. The fourth-order valence-corrected chi connectivity index (χ4v) is 5.11. The van der Waals surface area contributed by atoms with Gasteiger partial charge < -0.3 is 39.4 Å². The van der Waals surface area contributed by atoms with Crippen LogP contribution in [0.3, 0.4) is 0 Å². The van der Waals surface area contributed by atoms with E-state index >= 15 is 0 Å². The number of benzene rings is 4. The minimum absolute atomic E-state index is 0.0217. The molecule has 0 amide bonds. The van der Waals surface area contributed by atoms with Gasteiger partial charge in [0.25, 0.3) is 0 Å². The van der Waals surface area contributed by atoms with Crippen LogP contribution < -0.4 is 0 Å². The van der Waals surface area contributed by atoms with Crippen molar-refractivity contribution < 1.29 is 58.6 Å². The lowest BCUT2D eigenvalue weighted by Crippen LogP contribution is -2.44. The molecule has 0 bridgehead atoms. The molecule has 280 valence electrons. The number of carbonyl (C=O) groups is 4. The van der Waals surface area contributed by atoms with Crippen molar-refractivity contribution >= 4 is 23.9 Å². The monoisotopic (exact) mass is 728 g/mol. The molecule has 4 rings (SSSR count). The Labute approximate surface area is 307 Å². The van der Waals surface area contributed by atoms with Gasteiger partial charge in [0.05, 0.1) is 0 Å². The van der Waals surface area contributed by atoms with Crippen LogP contribution in [0.5, 0.6) is 23.0 Å². The van der Waals surface area contributed by atoms with Gasteiger partial charge in [-0.15, -0.1) is 0 Å². The topological polar surface area (TPSA) is 186 Å². The first-order valence-corrected chi connectivity index (χ1v) is 17.2. The van der Waals surface area contributed by atoms with E-state index in [-0.39, 0.29) is 48.7 Å². The van der Waals surface area contributed by atoms with Crippen molar-refractivity contribution in [3.63, 3.8) is 0 Å². The second-order valence-corrected chi connectivity index (χ2v) is 12.8. The smallest absolute Gasteiger partial charge is 0.306 e. The molecule has 0 aliphatic carbocycles. The van der Waals surface area contributed by atoms with E-state index in [1.807, 2.05) is 0 Å². The van der Waals surface area contributed by atoms with Gasteiger partial charge in [-0.3, -0.25) is 19.2 Å². The number of phenolic OH excluding ortho intramolecular Hbond substituents is 4. The Hall–Kier alpha value is -6.04. The lowest BCUT2D eigenvalue weighted by Gasteiger charge is -2.31. The largest absolute Gasteiger partial charge is 0.508 e. The molecular weight excluding hydrogens is 684 g/mol. The van der Waals surface area contributed by atoms with Crippen molar-refractivity contribution in [3.05, 3.63) is 119 Å². The molecule has 0 radical (unpaired) electrons. The molecule has 4 aromatic rings. The molecule has 0 saturated carbocycles. The Morgan fingerprint density at radius 2 is 0.547 bits per heavy atom. The minimum Gasteiger partial charge on any atom is -0.508 e. The van der Waals surface area contributed by atoms with Crippen molar-refractivity contribution in [2.75, 3.05) is 26.4 Å². The highest BCUT2D eigenvalue weighted by molar-refractivity contribution is 5.71. The number of rotatable bonds is 20. The van der Waals surface area contributed by atoms with Crippen LogP contribution in [0.4, 0.5) is 0 Å². The Kier molecular flexibility index (Phi) is 15.1. The van der Waals surface area contributed by atoms with Gasteiger partial charge in [0.15, 0.2) is 0 Å². The summed E-state index contributed by atoms with van der Waals surface area (Å²) in [6.45, 7) is -1.65. The average Bonchev–Trinajstić information content (AvgIpc) is 3.16. The first-order valence-electron chi connectivity index (χ1n) is 17.2. The van der Waals surface area contributed by atoms with E-state index in [1.165, 1.54) is 48.5 Å². The van der Waals surface area contributed by atoms with Gasteiger partial charge in [0.1, 0.15) is 54.8 Å². The number of ether oxygens (including phenoxy) is 4. The van der Waals surface area contributed by atoms with E-state index < -0.39 is 55.7 Å². The molecule has 0 unspecified atom stereocenters. The summed E-state index contributed by atoms with van der Waals surface area (Å²) in [4.78, 5) is 51.8. The highest BCUT2D eigenvalue weighted by atomic mass is 16.6. The molecule has 0 atom stereocenters. The summed E-state index contributed by atoms with van der Waals surface area (Å²) in [5, 5.41) is 38.2. The molecule has 0 spiro atoms. The van der Waals surface area contributed by atoms with Crippen LogP contribution in [-0.2, 0) is 63.8 Å². The second-order valence-electron chi connectivity index (χ2n) is 12.8. The lowest BCUT2D eigenvalue weighted by molar-refractivity contribution is -0.170. The molecule has 0 aliphatic heterocycles. The number of carbonyl (C=O) groups excluding carboxylic acids is 4. The standard InChI is InChI=1S/C41H44O12/c42-33-13-1-29(2-14-33)9-21-37(46)50-25-41(26-51-38(47)22-10-30-3-15-34(43)16-4-30,27-52-39(48)23-11-31-5-17-35(44)18-6-31)28-53-40(49)24-12-32-7-19-36(45)20-8-32/h1-8,13-20,42-45H,9-12,21-28H2.